The monoisotopic (exact) mass is 342 g/mol. The van der Waals surface area contributed by atoms with Gasteiger partial charge in [-0.1, -0.05) is 37.3 Å². The van der Waals surface area contributed by atoms with Gasteiger partial charge in [-0.15, -0.1) is 0 Å². The highest BCUT2D eigenvalue weighted by Gasteiger charge is 2.19. The Morgan fingerprint density at radius 2 is 1.56 bits per heavy atom. The number of aryl methyl sites for hydroxylation is 1. The van der Waals surface area contributed by atoms with Crippen LogP contribution >= 0.6 is 0 Å². The summed E-state index contributed by atoms with van der Waals surface area (Å²) in [6, 6.07) is 14.2. The fourth-order valence-electron chi connectivity index (χ4n) is 3.34. The SMILES string of the molecule is CCc1ccc(N2CCN(Cc3ccc(COC)cc3)CC2)c(F)c1. The Balaban J connectivity index is 1.55. The van der Waals surface area contributed by atoms with Crippen LogP contribution in [-0.2, 0) is 24.3 Å². The first-order valence-electron chi connectivity index (χ1n) is 9.02. The highest BCUT2D eigenvalue weighted by Crippen LogP contribution is 2.22. The van der Waals surface area contributed by atoms with Gasteiger partial charge in [-0.2, -0.15) is 0 Å². The summed E-state index contributed by atoms with van der Waals surface area (Å²) in [5, 5.41) is 0. The molecule has 2 aromatic rings. The van der Waals surface area contributed by atoms with Crippen molar-refractivity contribution in [2.24, 2.45) is 0 Å². The smallest absolute Gasteiger partial charge is 0.146 e. The molecule has 2 aromatic carbocycles. The van der Waals surface area contributed by atoms with Crippen LogP contribution in [-0.4, -0.2) is 38.2 Å². The predicted octanol–water partition coefficient (Wildman–Crippen LogP) is 3.86. The van der Waals surface area contributed by atoms with Crippen LogP contribution in [0.2, 0.25) is 0 Å². The Morgan fingerprint density at radius 3 is 2.16 bits per heavy atom. The number of rotatable bonds is 6. The van der Waals surface area contributed by atoms with Crippen LogP contribution in [0.15, 0.2) is 42.5 Å². The van der Waals surface area contributed by atoms with Gasteiger partial charge < -0.3 is 9.64 Å². The summed E-state index contributed by atoms with van der Waals surface area (Å²) in [6.07, 6.45) is 0.869. The largest absolute Gasteiger partial charge is 0.380 e. The zero-order chi connectivity index (χ0) is 17.6. The molecule has 1 fully saturated rings. The summed E-state index contributed by atoms with van der Waals surface area (Å²) in [5.74, 6) is -0.0958. The van der Waals surface area contributed by atoms with E-state index in [1.807, 2.05) is 12.1 Å². The van der Waals surface area contributed by atoms with E-state index in [2.05, 4.69) is 41.0 Å². The minimum atomic E-state index is -0.0958. The van der Waals surface area contributed by atoms with Crippen molar-refractivity contribution in [1.29, 1.82) is 0 Å². The molecular formula is C21H27FN2O. The highest BCUT2D eigenvalue weighted by atomic mass is 19.1. The number of hydrogen-bond acceptors (Lipinski definition) is 3. The molecule has 3 rings (SSSR count). The molecular weight excluding hydrogens is 315 g/mol. The van der Waals surface area contributed by atoms with E-state index < -0.39 is 0 Å². The van der Waals surface area contributed by atoms with Crippen molar-refractivity contribution >= 4 is 5.69 Å². The number of nitrogens with zero attached hydrogens (tertiary/aromatic N) is 2. The molecule has 0 amide bonds. The minimum absolute atomic E-state index is 0.0958. The summed E-state index contributed by atoms with van der Waals surface area (Å²) in [7, 11) is 1.71. The molecule has 0 spiro atoms. The molecule has 1 heterocycles. The second kappa shape index (κ2) is 8.45. The topological polar surface area (TPSA) is 15.7 Å². The fraction of sp³-hybridized carbons (Fsp3) is 0.429. The number of benzene rings is 2. The molecule has 3 nitrogen and oxygen atoms in total. The molecule has 0 atom stereocenters. The number of piperazine rings is 1. The third-order valence-corrected chi connectivity index (χ3v) is 4.87. The third-order valence-electron chi connectivity index (χ3n) is 4.87. The van der Waals surface area contributed by atoms with Crippen molar-refractivity contribution in [2.45, 2.75) is 26.5 Å². The molecule has 0 aromatic heterocycles. The van der Waals surface area contributed by atoms with E-state index in [0.29, 0.717) is 6.61 Å². The van der Waals surface area contributed by atoms with Crippen molar-refractivity contribution in [1.82, 2.24) is 4.90 Å². The maximum atomic E-state index is 14.3. The maximum Gasteiger partial charge on any atom is 0.146 e. The molecule has 1 saturated heterocycles. The third kappa shape index (κ3) is 4.59. The van der Waals surface area contributed by atoms with Gasteiger partial charge in [0.05, 0.1) is 12.3 Å². The zero-order valence-corrected chi connectivity index (χ0v) is 15.2. The molecule has 1 aliphatic heterocycles. The minimum Gasteiger partial charge on any atom is -0.380 e. The Labute approximate surface area is 150 Å². The first-order valence-corrected chi connectivity index (χ1v) is 9.02. The Kier molecular flexibility index (Phi) is 6.05. The number of anilines is 1. The molecule has 4 heteroatoms. The maximum absolute atomic E-state index is 14.3. The van der Waals surface area contributed by atoms with Crippen molar-refractivity contribution in [3.05, 3.63) is 65.0 Å². The van der Waals surface area contributed by atoms with Crippen LogP contribution < -0.4 is 4.90 Å². The molecule has 0 aliphatic carbocycles. The summed E-state index contributed by atoms with van der Waals surface area (Å²) in [5.41, 5.74) is 4.30. The average molecular weight is 342 g/mol. The van der Waals surface area contributed by atoms with Gasteiger partial charge in [0.1, 0.15) is 5.82 Å². The average Bonchev–Trinajstić information content (AvgIpc) is 2.64. The number of halogens is 1. The first kappa shape index (κ1) is 17.9. The quantitative estimate of drug-likeness (QED) is 0.793. The Bertz CT molecular complexity index is 679. The van der Waals surface area contributed by atoms with Crippen molar-refractivity contribution in [2.75, 3.05) is 38.2 Å². The van der Waals surface area contributed by atoms with E-state index in [1.54, 1.807) is 13.2 Å². The Morgan fingerprint density at radius 1 is 0.920 bits per heavy atom. The molecule has 134 valence electrons. The number of hydrogen-bond donors (Lipinski definition) is 0. The molecule has 0 bridgehead atoms. The normalized spacial score (nSPS) is 15.6. The van der Waals surface area contributed by atoms with Gasteiger partial charge >= 0.3 is 0 Å². The zero-order valence-electron chi connectivity index (χ0n) is 15.2. The number of ether oxygens (including phenoxy) is 1. The molecule has 1 aliphatic rings. The van der Waals surface area contributed by atoms with Crippen LogP contribution in [0, 0.1) is 5.82 Å². The van der Waals surface area contributed by atoms with E-state index >= 15 is 0 Å². The second-order valence-corrected chi connectivity index (χ2v) is 6.65. The summed E-state index contributed by atoms with van der Waals surface area (Å²) in [4.78, 5) is 4.59. The molecule has 0 unspecified atom stereocenters. The first-order chi connectivity index (χ1) is 12.2. The van der Waals surface area contributed by atoms with Gasteiger partial charge in [0, 0.05) is 39.8 Å². The molecule has 0 radical (unpaired) electrons. The van der Waals surface area contributed by atoms with Crippen molar-refractivity contribution in [3.63, 3.8) is 0 Å². The molecule has 0 saturated carbocycles. The van der Waals surface area contributed by atoms with E-state index in [-0.39, 0.29) is 5.82 Å². The van der Waals surface area contributed by atoms with Gasteiger partial charge in [0.15, 0.2) is 0 Å². The van der Waals surface area contributed by atoms with Crippen LogP contribution in [0.4, 0.5) is 10.1 Å². The van der Waals surface area contributed by atoms with Gasteiger partial charge in [-0.3, -0.25) is 4.90 Å². The lowest BCUT2D eigenvalue weighted by Crippen LogP contribution is -2.46. The summed E-state index contributed by atoms with van der Waals surface area (Å²) < 4.78 is 19.4. The van der Waals surface area contributed by atoms with Gasteiger partial charge in [0.2, 0.25) is 0 Å². The standard InChI is InChI=1S/C21H27FN2O/c1-3-17-8-9-21(20(22)14-17)24-12-10-23(11-13-24)15-18-4-6-19(7-5-18)16-25-2/h4-9,14H,3,10-13,15-16H2,1-2H3. The lowest BCUT2D eigenvalue weighted by molar-refractivity contribution is 0.185. The van der Waals surface area contributed by atoms with Crippen molar-refractivity contribution < 1.29 is 9.13 Å². The van der Waals surface area contributed by atoms with Gasteiger partial charge in [-0.25, -0.2) is 4.39 Å². The summed E-state index contributed by atoms with van der Waals surface area (Å²) >= 11 is 0. The van der Waals surface area contributed by atoms with Crippen LogP contribution in [0.5, 0.6) is 0 Å². The highest BCUT2D eigenvalue weighted by molar-refractivity contribution is 5.49. The van der Waals surface area contributed by atoms with Gasteiger partial charge in [-0.05, 0) is 35.2 Å². The van der Waals surface area contributed by atoms with E-state index in [1.165, 1.54) is 11.1 Å². The van der Waals surface area contributed by atoms with Crippen molar-refractivity contribution in [3.8, 4) is 0 Å². The van der Waals surface area contributed by atoms with Crippen LogP contribution in [0.25, 0.3) is 0 Å². The lowest BCUT2D eigenvalue weighted by Gasteiger charge is -2.36. The number of methoxy groups -OCH3 is 1. The fourth-order valence-corrected chi connectivity index (χ4v) is 3.34. The molecule has 0 N–H and O–H groups in total. The van der Waals surface area contributed by atoms with E-state index in [9.17, 15) is 4.39 Å². The van der Waals surface area contributed by atoms with E-state index in [0.717, 1.165) is 50.4 Å². The van der Waals surface area contributed by atoms with Crippen LogP contribution in [0.1, 0.15) is 23.6 Å². The predicted molar refractivity (Wildman–Crippen MR) is 100 cm³/mol. The summed E-state index contributed by atoms with van der Waals surface area (Å²) in [6.45, 7) is 7.28. The van der Waals surface area contributed by atoms with E-state index in [4.69, 9.17) is 4.74 Å². The second-order valence-electron chi connectivity index (χ2n) is 6.65. The molecule has 25 heavy (non-hydrogen) atoms. The van der Waals surface area contributed by atoms with Crippen LogP contribution in [0.3, 0.4) is 0 Å². The Hall–Kier alpha value is -1.91. The van der Waals surface area contributed by atoms with Gasteiger partial charge in [0.25, 0.3) is 0 Å². The lowest BCUT2D eigenvalue weighted by atomic mass is 10.1.